The molecule has 1 heterocycles. The Morgan fingerprint density at radius 1 is 1.25 bits per heavy atom. The molecule has 0 bridgehead atoms. The van der Waals surface area contributed by atoms with Crippen LogP contribution in [0.2, 0.25) is 0 Å². The molecule has 0 aliphatic heterocycles. The minimum atomic E-state index is 0.134. The second-order valence-corrected chi connectivity index (χ2v) is 5.91. The highest BCUT2D eigenvalue weighted by atomic mass is 16.2. The summed E-state index contributed by atoms with van der Waals surface area (Å²) in [6.07, 6.45) is 8.08. The molecule has 1 aromatic heterocycles. The van der Waals surface area contributed by atoms with Crippen LogP contribution in [0.15, 0.2) is 30.5 Å². The zero-order chi connectivity index (χ0) is 13.9. The summed E-state index contributed by atoms with van der Waals surface area (Å²) in [5, 5.41) is 4.38. The smallest absolute Gasteiger partial charge is 0.240 e. The third kappa shape index (κ3) is 2.87. The molecule has 0 radical (unpaired) electrons. The van der Waals surface area contributed by atoms with Gasteiger partial charge in [-0.15, -0.1) is 0 Å². The number of benzene rings is 1. The van der Waals surface area contributed by atoms with Crippen LogP contribution in [0, 0.1) is 6.92 Å². The molecular weight excluding hydrogens is 248 g/mol. The van der Waals surface area contributed by atoms with Gasteiger partial charge in [-0.3, -0.25) is 4.79 Å². The summed E-state index contributed by atoms with van der Waals surface area (Å²) in [6.45, 7) is 2.51. The third-order valence-corrected chi connectivity index (χ3v) is 4.21. The number of hydrogen-bond acceptors (Lipinski definition) is 1. The maximum Gasteiger partial charge on any atom is 0.240 e. The lowest BCUT2D eigenvalue weighted by Gasteiger charge is -2.22. The van der Waals surface area contributed by atoms with Gasteiger partial charge >= 0.3 is 0 Å². The summed E-state index contributed by atoms with van der Waals surface area (Å²) in [7, 11) is 0. The largest absolute Gasteiger partial charge is 0.352 e. The van der Waals surface area contributed by atoms with E-state index >= 15 is 0 Å². The van der Waals surface area contributed by atoms with Crippen LogP contribution in [-0.2, 0) is 11.3 Å². The summed E-state index contributed by atoms with van der Waals surface area (Å²) in [5.41, 5.74) is 2.39. The fourth-order valence-corrected chi connectivity index (χ4v) is 3.13. The van der Waals surface area contributed by atoms with Crippen LogP contribution in [0.1, 0.15) is 37.7 Å². The molecule has 1 fully saturated rings. The van der Waals surface area contributed by atoms with Gasteiger partial charge in [-0.25, -0.2) is 0 Å². The zero-order valence-corrected chi connectivity index (χ0v) is 12.1. The monoisotopic (exact) mass is 270 g/mol. The third-order valence-electron chi connectivity index (χ3n) is 4.21. The molecule has 1 N–H and O–H groups in total. The Bertz CT molecular complexity index is 608. The van der Waals surface area contributed by atoms with E-state index in [9.17, 15) is 4.79 Å². The molecule has 3 rings (SSSR count). The van der Waals surface area contributed by atoms with E-state index in [1.807, 2.05) is 10.8 Å². The Morgan fingerprint density at radius 3 is 2.85 bits per heavy atom. The standard InChI is InChI=1S/C17H22N2O/c1-13-7-8-16-14(11-13)9-10-19(16)12-17(20)18-15-5-3-2-4-6-15/h7-11,15H,2-6,12H2,1H3,(H,18,20). The molecule has 0 saturated heterocycles. The molecule has 3 nitrogen and oxygen atoms in total. The van der Waals surface area contributed by atoms with Gasteiger partial charge in [0.25, 0.3) is 0 Å². The van der Waals surface area contributed by atoms with Crippen molar-refractivity contribution < 1.29 is 4.79 Å². The van der Waals surface area contributed by atoms with Gasteiger partial charge in [-0.1, -0.05) is 30.9 Å². The highest BCUT2D eigenvalue weighted by molar-refractivity contribution is 5.83. The number of fused-ring (bicyclic) bond motifs is 1. The van der Waals surface area contributed by atoms with Crippen molar-refractivity contribution in [2.24, 2.45) is 0 Å². The van der Waals surface area contributed by atoms with Gasteiger partial charge in [0.05, 0.1) is 0 Å². The first-order valence-electron chi connectivity index (χ1n) is 7.57. The summed E-state index contributed by atoms with van der Waals surface area (Å²) in [6, 6.07) is 8.82. The summed E-state index contributed by atoms with van der Waals surface area (Å²) in [4.78, 5) is 12.2. The Balaban J connectivity index is 1.67. The highest BCUT2D eigenvalue weighted by Crippen LogP contribution is 2.19. The summed E-state index contributed by atoms with van der Waals surface area (Å²) < 4.78 is 2.03. The van der Waals surface area contributed by atoms with Gasteiger partial charge in [0.2, 0.25) is 5.91 Å². The van der Waals surface area contributed by atoms with Crippen LogP contribution in [0.25, 0.3) is 10.9 Å². The van der Waals surface area contributed by atoms with Crippen LogP contribution in [-0.4, -0.2) is 16.5 Å². The average Bonchev–Trinajstić information content (AvgIpc) is 2.82. The van der Waals surface area contributed by atoms with Crippen molar-refractivity contribution in [1.29, 1.82) is 0 Å². The molecule has 1 aliphatic carbocycles. The van der Waals surface area contributed by atoms with Crippen molar-refractivity contribution in [3.05, 3.63) is 36.0 Å². The first kappa shape index (κ1) is 13.2. The average molecular weight is 270 g/mol. The lowest BCUT2D eigenvalue weighted by atomic mass is 9.95. The Hall–Kier alpha value is -1.77. The van der Waals surface area contributed by atoms with Crippen LogP contribution >= 0.6 is 0 Å². The van der Waals surface area contributed by atoms with E-state index in [-0.39, 0.29) is 5.91 Å². The number of aromatic nitrogens is 1. The van der Waals surface area contributed by atoms with Crippen LogP contribution in [0.5, 0.6) is 0 Å². The van der Waals surface area contributed by atoms with Crippen molar-refractivity contribution in [2.45, 2.75) is 51.6 Å². The zero-order valence-electron chi connectivity index (χ0n) is 12.1. The maximum atomic E-state index is 12.2. The van der Waals surface area contributed by atoms with Gasteiger partial charge < -0.3 is 9.88 Å². The Morgan fingerprint density at radius 2 is 2.05 bits per heavy atom. The van der Waals surface area contributed by atoms with Gasteiger partial charge in [0.15, 0.2) is 0 Å². The fraction of sp³-hybridized carbons (Fsp3) is 0.471. The molecule has 0 atom stereocenters. The molecule has 2 aromatic rings. The number of carbonyl (C=O) groups is 1. The summed E-state index contributed by atoms with van der Waals surface area (Å²) in [5.74, 6) is 0.134. The minimum Gasteiger partial charge on any atom is -0.352 e. The Labute approximate surface area is 120 Å². The van der Waals surface area contributed by atoms with E-state index in [0.717, 1.165) is 18.4 Å². The molecule has 1 saturated carbocycles. The second kappa shape index (κ2) is 5.70. The first-order valence-corrected chi connectivity index (χ1v) is 7.57. The highest BCUT2D eigenvalue weighted by Gasteiger charge is 2.16. The molecule has 0 unspecified atom stereocenters. The van der Waals surface area contributed by atoms with E-state index in [2.05, 4.69) is 36.5 Å². The molecule has 0 spiro atoms. The minimum absolute atomic E-state index is 0.134. The summed E-state index contributed by atoms with van der Waals surface area (Å²) >= 11 is 0. The van der Waals surface area contributed by atoms with Gasteiger partial charge in [-0.05, 0) is 43.4 Å². The maximum absolute atomic E-state index is 12.2. The van der Waals surface area contributed by atoms with Gasteiger partial charge in [0, 0.05) is 17.8 Å². The van der Waals surface area contributed by atoms with E-state index in [1.165, 1.54) is 30.2 Å². The molecular formula is C17H22N2O. The van der Waals surface area contributed by atoms with Gasteiger partial charge in [0.1, 0.15) is 6.54 Å². The molecule has 20 heavy (non-hydrogen) atoms. The topological polar surface area (TPSA) is 34.0 Å². The van der Waals surface area contributed by atoms with E-state index in [4.69, 9.17) is 0 Å². The number of nitrogens with zero attached hydrogens (tertiary/aromatic N) is 1. The normalized spacial score (nSPS) is 16.4. The van der Waals surface area contributed by atoms with Crippen molar-refractivity contribution in [2.75, 3.05) is 0 Å². The van der Waals surface area contributed by atoms with Gasteiger partial charge in [-0.2, -0.15) is 0 Å². The van der Waals surface area contributed by atoms with E-state index < -0.39 is 0 Å². The van der Waals surface area contributed by atoms with Crippen molar-refractivity contribution in [3.8, 4) is 0 Å². The number of nitrogens with one attached hydrogen (secondary N) is 1. The number of aryl methyl sites for hydroxylation is 1. The lowest BCUT2D eigenvalue weighted by molar-refractivity contribution is -0.122. The van der Waals surface area contributed by atoms with Crippen LogP contribution in [0.4, 0.5) is 0 Å². The Kier molecular flexibility index (Phi) is 3.77. The molecule has 1 aromatic carbocycles. The fourth-order valence-electron chi connectivity index (χ4n) is 3.13. The van der Waals surface area contributed by atoms with Crippen molar-refractivity contribution in [3.63, 3.8) is 0 Å². The van der Waals surface area contributed by atoms with E-state index in [1.54, 1.807) is 0 Å². The van der Waals surface area contributed by atoms with E-state index in [0.29, 0.717) is 12.6 Å². The van der Waals surface area contributed by atoms with Crippen LogP contribution in [0.3, 0.4) is 0 Å². The molecule has 106 valence electrons. The molecule has 3 heteroatoms. The second-order valence-electron chi connectivity index (χ2n) is 5.91. The predicted molar refractivity (Wildman–Crippen MR) is 81.7 cm³/mol. The first-order chi connectivity index (χ1) is 9.72. The van der Waals surface area contributed by atoms with Crippen molar-refractivity contribution >= 4 is 16.8 Å². The molecule has 1 amide bonds. The number of carbonyl (C=O) groups excluding carboxylic acids is 1. The quantitative estimate of drug-likeness (QED) is 0.911. The van der Waals surface area contributed by atoms with Crippen LogP contribution < -0.4 is 5.32 Å². The predicted octanol–water partition coefficient (Wildman–Crippen LogP) is 3.40. The SMILES string of the molecule is Cc1ccc2c(ccn2CC(=O)NC2CCCCC2)c1. The number of rotatable bonds is 3. The number of hydrogen-bond donors (Lipinski definition) is 1. The number of amides is 1. The van der Waals surface area contributed by atoms with Crippen molar-refractivity contribution in [1.82, 2.24) is 9.88 Å². The molecule has 1 aliphatic rings. The lowest BCUT2D eigenvalue weighted by Crippen LogP contribution is -2.38.